The fourth-order valence-electron chi connectivity index (χ4n) is 2.82. The first-order chi connectivity index (χ1) is 9.70. The van der Waals surface area contributed by atoms with Gasteiger partial charge in [0.15, 0.2) is 0 Å². The molecule has 0 spiro atoms. The quantitative estimate of drug-likeness (QED) is 0.892. The van der Waals surface area contributed by atoms with Crippen LogP contribution >= 0.6 is 0 Å². The van der Waals surface area contributed by atoms with E-state index >= 15 is 0 Å². The lowest BCUT2D eigenvalue weighted by atomic mass is 10.1. The summed E-state index contributed by atoms with van der Waals surface area (Å²) in [5.74, 6) is -0.294. The van der Waals surface area contributed by atoms with Crippen molar-refractivity contribution in [1.29, 1.82) is 0 Å². The Hall–Kier alpha value is -2.29. The molecule has 0 saturated heterocycles. The SMILES string of the molecule is NC(=O)Cc1ccc(NC2Cc3ccccc3C2)cc1. The molecule has 0 atom stereocenters. The number of hydrogen-bond donors (Lipinski definition) is 2. The molecule has 0 unspecified atom stereocenters. The van der Waals surface area contributed by atoms with Crippen LogP contribution < -0.4 is 11.1 Å². The summed E-state index contributed by atoms with van der Waals surface area (Å²) in [6.07, 6.45) is 2.44. The monoisotopic (exact) mass is 266 g/mol. The lowest BCUT2D eigenvalue weighted by Gasteiger charge is -2.13. The van der Waals surface area contributed by atoms with Crippen molar-refractivity contribution < 1.29 is 4.79 Å². The molecular formula is C17H18N2O. The van der Waals surface area contributed by atoms with Crippen molar-refractivity contribution in [3.8, 4) is 0 Å². The molecule has 3 nitrogen and oxygen atoms in total. The predicted octanol–water partition coefficient (Wildman–Crippen LogP) is 2.29. The lowest BCUT2D eigenvalue weighted by Crippen LogP contribution is -2.19. The summed E-state index contributed by atoms with van der Waals surface area (Å²) >= 11 is 0. The number of carbonyl (C=O) groups is 1. The number of primary amides is 1. The van der Waals surface area contributed by atoms with Gasteiger partial charge < -0.3 is 11.1 Å². The number of fused-ring (bicyclic) bond motifs is 1. The highest BCUT2D eigenvalue weighted by molar-refractivity contribution is 5.76. The van der Waals surface area contributed by atoms with Crippen LogP contribution in [0.3, 0.4) is 0 Å². The van der Waals surface area contributed by atoms with Crippen molar-refractivity contribution in [1.82, 2.24) is 0 Å². The summed E-state index contributed by atoms with van der Waals surface area (Å²) in [5.41, 5.74) is 10.1. The van der Waals surface area contributed by atoms with Crippen molar-refractivity contribution in [2.45, 2.75) is 25.3 Å². The van der Waals surface area contributed by atoms with E-state index in [1.807, 2.05) is 24.3 Å². The summed E-state index contributed by atoms with van der Waals surface area (Å²) < 4.78 is 0. The molecular weight excluding hydrogens is 248 g/mol. The van der Waals surface area contributed by atoms with E-state index in [1.165, 1.54) is 11.1 Å². The zero-order valence-electron chi connectivity index (χ0n) is 11.3. The van der Waals surface area contributed by atoms with Gasteiger partial charge in [-0.05, 0) is 41.7 Å². The first-order valence-electron chi connectivity index (χ1n) is 6.91. The first kappa shape index (κ1) is 12.7. The van der Waals surface area contributed by atoms with Crippen molar-refractivity contribution in [2.75, 3.05) is 5.32 Å². The van der Waals surface area contributed by atoms with Crippen molar-refractivity contribution in [2.24, 2.45) is 5.73 Å². The maximum Gasteiger partial charge on any atom is 0.221 e. The summed E-state index contributed by atoms with van der Waals surface area (Å²) in [6.45, 7) is 0. The number of rotatable bonds is 4. The average Bonchev–Trinajstić information content (AvgIpc) is 2.82. The highest BCUT2D eigenvalue weighted by Gasteiger charge is 2.20. The largest absolute Gasteiger partial charge is 0.382 e. The highest BCUT2D eigenvalue weighted by atomic mass is 16.1. The lowest BCUT2D eigenvalue weighted by molar-refractivity contribution is -0.117. The van der Waals surface area contributed by atoms with Gasteiger partial charge in [-0.2, -0.15) is 0 Å². The van der Waals surface area contributed by atoms with Crippen LogP contribution in [-0.4, -0.2) is 11.9 Å². The third-order valence-corrected chi connectivity index (χ3v) is 3.75. The zero-order valence-corrected chi connectivity index (χ0v) is 11.3. The van der Waals surface area contributed by atoms with Crippen molar-refractivity contribution in [3.63, 3.8) is 0 Å². The second-order valence-electron chi connectivity index (χ2n) is 5.36. The number of hydrogen-bond acceptors (Lipinski definition) is 2. The van der Waals surface area contributed by atoms with Crippen LogP contribution in [0.15, 0.2) is 48.5 Å². The van der Waals surface area contributed by atoms with Crippen LogP contribution in [0.5, 0.6) is 0 Å². The van der Waals surface area contributed by atoms with Gasteiger partial charge in [0.25, 0.3) is 0 Å². The van der Waals surface area contributed by atoms with Gasteiger partial charge in [0.1, 0.15) is 0 Å². The smallest absolute Gasteiger partial charge is 0.221 e. The Labute approximate surface area is 118 Å². The minimum atomic E-state index is -0.294. The van der Waals surface area contributed by atoms with Crippen LogP contribution in [0, 0.1) is 0 Å². The highest BCUT2D eigenvalue weighted by Crippen LogP contribution is 2.24. The molecule has 0 fully saturated rings. The van der Waals surface area contributed by atoms with Gasteiger partial charge in [0, 0.05) is 11.7 Å². The predicted molar refractivity (Wildman–Crippen MR) is 80.6 cm³/mol. The molecule has 1 aliphatic carbocycles. The van der Waals surface area contributed by atoms with E-state index in [9.17, 15) is 4.79 Å². The number of carbonyl (C=O) groups excluding carboxylic acids is 1. The summed E-state index contributed by atoms with van der Waals surface area (Å²) in [7, 11) is 0. The zero-order chi connectivity index (χ0) is 13.9. The minimum Gasteiger partial charge on any atom is -0.382 e. The molecule has 0 saturated carbocycles. The molecule has 2 aromatic carbocycles. The normalized spacial score (nSPS) is 14.0. The molecule has 3 rings (SSSR count). The topological polar surface area (TPSA) is 55.1 Å². The molecule has 0 heterocycles. The van der Waals surface area contributed by atoms with E-state index in [4.69, 9.17) is 5.73 Å². The van der Waals surface area contributed by atoms with Crippen LogP contribution in [-0.2, 0) is 24.1 Å². The first-order valence-corrected chi connectivity index (χ1v) is 6.91. The standard InChI is InChI=1S/C17H18N2O/c18-17(20)9-12-5-7-15(8-6-12)19-16-10-13-3-1-2-4-14(13)11-16/h1-8,16,19H,9-11H2,(H2,18,20). The van der Waals surface area contributed by atoms with E-state index in [1.54, 1.807) is 0 Å². The molecule has 20 heavy (non-hydrogen) atoms. The van der Waals surface area contributed by atoms with E-state index < -0.39 is 0 Å². The van der Waals surface area contributed by atoms with Gasteiger partial charge in [-0.1, -0.05) is 36.4 Å². The fourth-order valence-corrected chi connectivity index (χ4v) is 2.82. The third-order valence-electron chi connectivity index (χ3n) is 3.75. The third kappa shape index (κ3) is 2.82. The van der Waals surface area contributed by atoms with Crippen LogP contribution in [0.1, 0.15) is 16.7 Å². The Morgan fingerprint density at radius 2 is 1.65 bits per heavy atom. The van der Waals surface area contributed by atoms with Gasteiger partial charge in [-0.3, -0.25) is 4.79 Å². The maximum atomic E-state index is 10.9. The molecule has 1 aliphatic rings. The van der Waals surface area contributed by atoms with Gasteiger partial charge in [-0.15, -0.1) is 0 Å². The van der Waals surface area contributed by atoms with Gasteiger partial charge in [0.05, 0.1) is 6.42 Å². The van der Waals surface area contributed by atoms with Crippen LogP contribution in [0.2, 0.25) is 0 Å². The van der Waals surface area contributed by atoms with Crippen LogP contribution in [0.25, 0.3) is 0 Å². The molecule has 0 aliphatic heterocycles. The summed E-state index contributed by atoms with van der Waals surface area (Å²) in [5, 5.41) is 3.55. The van der Waals surface area contributed by atoms with Crippen LogP contribution in [0.4, 0.5) is 5.69 Å². The number of benzene rings is 2. The molecule has 2 aromatic rings. The van der Waals surface area contributed by atoms with E-state index in [0.717, 1.165) is 24.1 Å². The maximum absolute atomic E-state index is 10.9. The minimum absolute atomic E-state index is 0.294. The van der Waals surface area contributed by atoms with E-state index in [2.05, 4.69) is 29.6 Å². The molecule has 1 amide bonds. The Morgan fingerprint density at radius 3 is 2.20 bits per heavy atom. The Balaban J connectivity index is 1.63. The Kier molecular flexibility index (Phi) is 3.42. The summed E-state index contributed by atoms with van der Waals surface area (Å²) in [4.78, 5) is 10.9. The number of nitrogens with two attached hydrogens (primary N) is 1. The van der Waals surface area contributed by atoms with Crippen molar-refractivity contribution in [3.05, 3.63) is 65.2 Å². The molecule has 3 heteroatoms. The number of nitrogens with one attached hydrogen (secondary N) is 1. The summed E-state index contributed by atoms with van der Waals surface area (Å²) in [6, 6.07) is 17.0. The van der Waals surface area contributed by atoms with Crippen molar-refractivity contribution >= 4 is 11.6 Å². The number of amides is 1. The molecule has 3 N–H and O–H groups in total. The molecule has 0 bridgehead atoms. The van der Waals surface area contributed by atoms with Gasteiger partial charge in [0.2, 0.25) is 5.91 Å². The number of anilines is 1. The van der Waals surface area contributed by atoms with E-state index in [-0.39, 0.29) is 5.91 Å². The molecule has 102 valence electrons. The van der Waals surface area contributed by atoms with Gasteiger partial charge >= 0.3 is 0 Å². The Morgan fingerprint density at radius 1 is 1.05 bits per heavy atom. The second kappa shape index (κ2) is 5.37. The molecule has 0 aromatic heterocycles. The van der Waals surface area contributed by atoms with E-state index in [0.29, 0.717) is 12.5 Å². The Bertz CT molecular complexity index is 594. The fraction of sp³-hybridized carbons (Fsp3) is 0.235. The molecule has 0 radical (unpaired) electrons. The second-order valence-corrected chi connectivity index (χ2v) is 5.36. The average molecular weight is 266 g/mol. The van der Waals surface area contributed by atoms with Gasteiger partial charge in [-0.25, -0.2) is 0 Å².